The number of nitrogens with one attached hydrogen (secondary N) is 1. The Hall–Kier alpha value is -1.18. The lowest BCUT2D eigenvalue weighted by molar-refractivity contribution is -0.0895. The monoisotopic (exact) mass is 436 g/mol. The van der Waals surface area contributed by atoms with E-state index in [9.17, 15) is 5.11 Å². The molecule has 0 bridgehead atoms. The Labute approximate surface area is 155 Å². The number of pyridine rings is 1. The third-order valence-electron chi connectivity index (χ3n) is 5.20. The van der Waals surface area contributed by atoms with Gasteiger partial charge in [-0.15, -0.1) is 0 Å². The lowest BCUT2D eigenvalue weighted by Gasteiger charge is -2.15. The van der Waals surface area contributed by atoms with Crippen LogP contribution in [0.1, 0.15) is 41.5 Å². The van der Waals surface area contributed by atoms with Crippen molar-refractivity contribution < 1.29 is 9.84 Å². The van der Waals surface area contributed by atoms with Crippen molar-refractivity contribution in [1.29, 1.82) is 0 Å². The van der Waals surface area contributed by atoms with E-state index in [0.29, 0.717) is 12.0 Å². The molecule has 5 heteroatoms. The predicted molar refractivity (Wildman–Crippen MR) is 102 cm³/mol. The first kappa shape index (κ1) is 16.3. The summed E-state index contributed by atoms with van der Waals surface area (Å²) in [7, 11) is 1.55. The minimum Gasteiger partial charge on any atom is -0.368 e. The van der Waals surface area contributed by atoms with Crippen LogP contribution in [0.15, 0.2) is 36.5 Å². The number of methoxy groups -OCH3 is 1. The molecule has 0 saturated heterocycles. The van der Waals surface area contributed by atoms with Crippen molar-refractivity contribution >= 4 is 28.4 Å². The topological polar surface area (TPSA) is 54.4 Å². The molecule has 4 nitrogen and oxygen atoms in total. The number of halogens is 1. The van der Waals surface area contributed by atoms with Gasteiger partial charge in [0.2, 0.25) is 0 Å². The maximum Gasteiger partial charge on any atom is 0.157 e. The first-order chi connectivity index (χ1) is 11.7. The molecule has 4 rings (SSSR count). The van der Waals surface area contributed by atoms with Crippen molar-refractivity contribution in [2.75, 3.05) is 12.4 Å². The average molecular weight is 436 g/mol. The van der Waals surface area contributed by atoms with Crippen molar-refractivity contribution in [3.63, 3.8) is 0 Å². The van der Waals surface area contributed by atoms with Gasteiger partial charge in [0.05, 0.1) is 6.04 Å². The number of fused-ring (bicyclic) bond motifs is 1. The van der Waals surface area contributed by atoms with Crippen LogP contribution in [0.3, 0.4) is 0 Å². The molecular formula is C19H21IN2O2. The highest BCUT2D eigenvalue weighted by Gasteiger charge is 2.43. The second kappa shape index (κ2) is 6.61. The Bertz CT molecular complexity index is 735. The summed E-state index contributed by atoms with van der Waals surface area (Å²) >= 11 is 2.42. The zero-order chi connectivity index (χ0) is 16.7. The van der Waals surface area contributed by atoms with Gasteiger partial charge in [-0.05, 0) is 76.6 Å². The van der Waals surface area contributed by atoms with E-state index in [2.05, 4.69) is 63.2 Å². The Morgan fingerprint density at radius 1 is 1.33 bits per heavy atom. The van der Waals surface area contributed by atoms with E-state index in [1.54, 1.807) is 7.11 Å². The normalized spacial score (nSPS) is 26.0. The van der Waals surface area contributed by atoms with Crippen molar-refractivity contribution in [3.05, 3.63) is 56.8 Å². The van der Waals surface area contributed by atoms with Crippen molar-refractivity contribution in [3.8, 4) is 0 Å². The number of rotatable bonds is 5. The summed E-state index contributed by atoms with van der Waals surface area (Å²) in [5.41, 5.74) is 4.06. The maximum atomic E-state index is 9.73. The Balaban J connectivity index is 1.44. The van der Waals surface area contributed by atoms with Crippen LogP contribution in [0.2, 0.25) is 0 Å². The number of hydrogen-bond donors (Lipinski definition) is 2. The zero-order valence-corrected chi connectivity index (χ0v) is 15.7. The van der Waals surface area contributed by atoms with Gasteiger partial charge in [0, 0.05) is 22.8 Å². The fraction of sp³-hybridized carbons (Fsp3) is 0.421. The van der Waals surface area contributed by atoms with Gasteiger partial charge in [-0.3, -0.25) is 0 Å². The van der Waals surface area contributed by atoms with Gasteiger partial charge in [-0.1, -0.05) is 18.2 Å². The summed E-state index contributed by atoms with van der Waals surface area (Å²) in [6.45, 7) is 0. The SMILES string of the molecule is COC(O)[C@H]1C[C@@H]1c1ccc(N[C@@H]2CCc3c(I)cccc32)nc1. The third-order valence-corrected chi connectivity index (χ3v) is 6.21. The lowest BCUT2D eigenvalue weighted by Crippen LogP contribution is -2.12. The number of aliphatic hydroxyl groups excluding tert-OH is 1. The van der Waals surface area contributed by atoms with E-state index in [1.807, 2.05) is 6.20 Å². The van der Waals surface area contributed by atoms with Gasteiger partial charge in [0.1, 0.15) is 5.82 Å². The lowest BCUT2D eigenvalue weighted by atomic mass is 10.1. The van der Waals surface area contributed by atoms with Gasteiger partial charge < -0.3 is 15.2 Å². The Kier molecular flexibility index (Phi) is 4.49. The molecule has 0 radical (unpaired) electrons. The molecule has 126 valence electrons. The Morgan fingerprint density at radius 3 is 2.96 bits per heavy atom. The second-order valence-electron chi connectivity index (χ2n) is 6.65. The van der Waals surface area contributed by atoms with E-state index in [4.69, 9.17) is 4.74 Å². The van der Waals surface area contributed by atoms with E-state index in [0.717, 1.165) is 25.1 Å². The molecule has 2 aliphatic rings. The van der Waals surface area contributed by atoms with Crippen LogP contribution in [0, 0.1) is 9.49 Å². The van der Waals surface area contributed by atoms with E-state index in [1.165, 1.54) is 20.3 Å². The molecule has 0 amide bonds. The molecule has 4 atom stereocenters. The molecule has 1 saturated carbocycles. The highest BCUT2D eigenvalue weighted by molar-refractivity contribution is 14.1. The van der Waals surface area contributed by atoms with Crippen LogP contribution in [-0.4, -0.2) is 23.5 Å². The number of aliphatic hydroxyl groups is 1. The van der Waals surface area contributed by atoms with Crippen LogP contribution in [0.4, 0.5) is 5.82 Å². The van der Waals surface area contributed by atoms with Crippen molar-refractivity contribution in [2.45, 2.75) is 37.5 Å². The molecule has 1 unspecified atom stereocenters. The standard InChI is InChI=1S/C19H21IN2O2/c1-24-19(23)15-9-14(15)11-5-8-18(21-10-11)22-17-7-6-12-13(17)3-2-4-16(12)20/h2-5,8,10,14-15,17,19,23H,6-7,9H2,1H3,(H,21,22)/t14-,15+,17-,19?/m1/s1. The maximum absolute atomic E-state index is 9.73. The quantitative estimate of drug-likeness (QED) is 0.553. The van der Waals surface area contributed by atoms with Gasteiger partial charge in [-0.25, -0.2) is 4.98 Å². The molecule has 0 spiro atoms. The number of hydrogen-bond acceptors (Lipinski definition) is 4. The highest BCUT2D eigenvalue weighted by atomic mass is 127. The number of benzene rings is 1. The van der Waals surface area contributed by atoms with Crippen molar-refractivity contribution in [2.24, 2.45) is 5.92 Å². The van der Waals surface area contributed by atoms with Gasteiger partial charge >= 0.3 is 0 Å². The summed E-state index contributed by atoms with van der Waals surface area (Å²) in [6.07, 6.45) is 4.48. The van der Waals surface area contributed by atoms with Crippen LogP contribution in [0.5, 0.6) is 0 Å². The van der Waals surface area contributed by atoms with Crippen LogP contribution in [0.25, 0.3) is 0 Å². The van der Waals surface area contributed by atoms with Crippen LogP contribution >= 0.6 is 22.6 Å². The summed E-state index contributed by atoms with van der Waals surface area (Å²) < 4.78 is 6.36. The smallest absolute Gasteiger partial charge is 0.157 e. The van der Waals surface area contributed by atoms with Crippen LogP contribution in [-0.2, 0) is 11.2 Å². The molecule has 1 aromatic carbocycles. The summed E-state index contributed by atoms with van der Waals surface area (Å²) in [5, 5.41) is 13.3. The number of anilines is 1. The molecule has 1 fully saturated rings. The largest absolute Gasteiger partial charge is 0.368 e. The number of ether oxygens (including phenoxy) is 1. The van der Waals surface area contributed by atoms with Crippen molar-refractivity contribution in [1.82, 2.24) is 4.98 Å². The number of nitrogens with zero attached hydrogens (tertiary/aromatic N) is 1. The van der Waals surface area contributed by atoms with E-state index >= 15 is 0 Å². The molecular weight excluding hydrogens is 415 g/mol. The minimum atomic E-state index is -0.662. The summed E-state index contributed by atoms with van der Waals surface area (Å²) in [4.78, 5) is 4.58. The molecule has 24 heavy (non-hydrogen) atoms. The predicted octanol–water partition coefficient (Wildman–Crippen LogP) is 3.85. The summed E-state index contributed by atoms with van der Waals surface area (Å²) in [6, 6.07) is 11.0. The van der Waals surface area contributed by atoms with Gasteiger partial charge in [-0.2, -0.15) is 0 Å². The molecule has 2 aromatic rings. The molecule has 2 aliphatic carbocycles. The van der Waals surface area contributed by atoms with E-state index in [-0.39, 0.29) is 5.92 Å². The average Bonchev–Trinajstić information content (AvgIpc) is 3.30. The van der Waals surface area contributed by atoms with Crippen LogP contribution < -0.4 is 5.32 Å². The molecule has 1 heterocycles. The minimum absolute atomic E-state index is 0.208. The fourth-order valence-corrected chi connectivity index (χ4v) is 4.52. The number of aromatic nitrogens is 1. The van der Waals surface area contributed by atoms with E-state index < -0.39 is 6.29 Å². The van der Waals surface area contributed by atoms with Gasteiger partial charge in [0.25, 0.3) is 0 Å². The Morgan fingerprint density at radius 2 is 2.21 bits per heavy atom. The molecule has 0 aliphatic heterocycles. The second-order valence-corrected chi connectivity index (χ2v) is 7.81. The third kappa shape index (κ3) is 3.05. The first-order valence-corrected chi connectivity index (χ1v) is 9.46. The van der Waals surface area contributed by atoms with Gasteiger partial charge in [0.15, 0.2) is 6.29 Å². The highest BCUT2D eigenvalue weighted by Crippen LogP contribution is 2.49. The first-order valence-electron chi connectivity index (χ1n) is 8.38. The fourth-order valence-electron chi connectivity index (χ4n) is 3.74. The molecule has 1 aromatic heterocycles. The summed E-state index contributed by atoms with van der Waals surface area (Å²) in [5.74, 6) is 1.50. The molecule has 2 N–H and O–H groups in total. The zero-order valence-electron chi connectivity index (χ0n) is 13.6.